The lowest BCUT2D eigenvalue weighted by atomic mass is 9.85. The van der Waals surface area contributed by atoms with Gasteiger partial charge in [-0.2, -0.15) is 13.2 Å². The fraction of sp³-hybridized carbons (Fsp3) is 0.318. The van der Waals surface area contributed by atoms with E-state index in [1.54, 1.807) is 12.1 Å². The number of aromatic nitrogens is 1. The van der Waals surface area contributed by atoms with Crippen molar-refractivity contribution in [3.8, 4) is 11.3 Å². The van der Waals surface area contributed by atoms with E-state index in [1.807, 2.05) is 32.0 Å². The average molecular weight is 375 g/mol. The van der Waals surface area contributed by atoms with Crippen LogP contribution in [-0.2, 0) is 6.42 Å². The van der Waals surface area contributed by atoms with Crippen LogP contribution in [0.25, 0.3) is 22.2 Å². The molecule has 0 bridgehead atoms. The van der Waals surface area contributed by atoms with E-state index in [0.29, 0.717) is 16.8 Å². The second kappa shape index (κ2) is 6.63. The van der Waals surface area contributed by atoms with E-state index in [2.05, 4.69) is 4.98 Å². The largest absolute Gasteiger partial charge is 0.394 e. The number of benzene rings is 2. The predicted octanol–water partition coefficient (Wildman–Crippen LogP) is 6.79. The second-order valence-electron chi connectivity index (χ2n) is 7.78. The first-order valence-corrected chi connectivity index (χ1v) is 8.71. The second-order valence-corrected chi connectivity index (χ2v) is 7.78. The summed E-state index contributed by atoms with van der Waals surface area (Å²) in [5.74, 6) is -0.485. The van der Waals surface area contributed by atoms with Crippen molar-refractivity contribution >= 4 is 10.9 Å². The molecular weight excluding hydrogens is 354 g/mol. The van der Waals surface area contributed by atoms with Crippen molar-refractivity contribution in [1.29, 1.82) is 0 Å². The fourth-order valence-corrected chi connectivity index (χ4v) is 3.22. The summed E-state index contributed by atoms with van der Waals surface area (Å²) in [5, 5.41) is 0.235. The van der Waals surface area contributed by atoms with Gasteiger partial charge in [-0.05, 0) is 50.1 Å². The molecule has 0 aliphatic carbocycles. The molecule has 0 saturated heterocycles. The molecule has 5 heteroatoms. The minimum atomic E-state index is -4.33. The van der Waals surface area contributed by atoms with Crippen molar-refractivity contribution < 1.29 is 17.6 Å². The molecule has 1 heterocycles. The Labute approximate surface area is 156 Å². The van der Waals surface area contributed by atoms with Crippen LogP contribution in [0, 0.1) is 25.1 Å². The van der Waals surface area contributed by atoms with Crippen molar-refractivity contribution in [2.24, 2.45) is 5.41 Å². The van der Waals surface area contributed by atoms with E-state index in [0.717, 1.165) is 30.5 Å². The molecule has 1 nitrogen and oxygen atoms in total. The molecule has 0 fully saturated rings. The van der Waals surface area contributed by atoms with Crippen LogP contribution in [0.4, 0.5) is 17.6 Å². The first-order valence-electron chi connectivity index (χ1n) is 8.71. The Morgan fingerprint density at radius 1 is 0.889 bits per heavy atom. The van der Waals surface area contributed by atoms with Gasteiger partial charge in [-0.15, -0.1) is 0 Å². The zero-order valence-electron chi connectivity index (χ0n) is 15.7. The number of fused-ring (bicyclic) bond motifs is 1. The number of rotatable bonds is 3. The fourth-order valence-electron chi connectivity index (χ4n) is 3.22. The molecule has 0 radical (unpaired) electrons. The Morgan fingerprint density at radius 3 is 2.11 bits per heavy atom. The summed E-state index contributed by atoms with van der Waals surface area (Å²) in [6, 6.07) is 11.9. The van der Waals surface area contributed by atoms with Crippen molar-refractivity contribution in [3.05, 3.63) is 65.0 Å². The zero-order chi connectivity index (χ0) is 20.0. The number of nitrogens with zero attached hydrogens (tertiary/aromatic N) is 1. The van der Waals surface area contributed by atoms with Crippen LogP contribution in [0.1, 0.15) is 30.5 Å². The lowest BCUT2D eigenvalue weighted by Gasteiger charge is -2.27. The Hall–Kier alpha value is -2.43. The Morgan fingerprint density at radius 2 is 1.52 bits per heavy atom. The van der Waals surface area contributed by atoms with Crippen LogP contribution in [-0.4, -0.2) is 11.2 Å². The summed E-state index contributed by atoms with van der Waals surface area (Å²) in [6.07, 6.45) is -4.55. The van der Waals surface area contributed by atoms with E-state index in [9.17, 15) is 17.6 Å². The van der Waals surface area contributed by atoms with E-state index in [4.69, 9.17) is 0 Å². The molecule has 0 aliphatic rings. The molecule has 3 aromatic rings. The smallest absolute Gasteiger partial charge is 0.248 e. The molecule has 0 amide bonds. The van der Waals surface area contributed by atoms with Gasteiger partial charge < -0.3 is 0 Å². The molecule has 27 heavy (non-hydrogen) atoms. The topological polar surface area (TPSA) is 12.9 Å². The third-order valence-electron chi connectivity index (χ3n) is 4.75. The molecule has 2 aromatic carbocycles. The van der Waals surface area contributed by atoms with Gasteiger partial charge in [0, 0.05) is 17.0 Å². The first-order chi connectivity index (χ1) is 12.5. The molecule has 1 aromatic heterocycles. The minimum absolute atomic E-state index is 0.218. The Balaban J connectivity index is 2.03. The number of hydrogen-bond acceptors (Lipinski definition) is 1. The predicted molar refractivity (Wildman–Crippen MR) is 100 cm³/mol. The summed E-state index contributed by atoms with van der Waals surface area (Å²) in [4.78, 5) is 4.51. The van der Waals surface area contributed by atoms with Crippen molar-refractivity contribution in [2.45, 2.75) is 40.3 Å². The van der Waals surface area contributed by atoms with E-state index in [1.165, 1.54) is 12.1 Å². The van der Waals surface area contributed by atoms with Gasteiger partial charge >= 0.3 is 6.18 Å². The Kier molecular flexibility index (Phi) is 4.74. The normalized spacial score (nSPS) is 12.6. The average Bonchev–Trinajstić information content (AvgIpc) is 2.53. The monoisotopic (exact) mass is 375 g/mol. The van der Waals surface area contributed by atoms with E-state index < -0.39 is 17.4 Å². The third kappa shape index (κ3) is 3.97. The van der Waals surface area contributed by atoms with Gasteiger partial charge in [0.25, 0.3) is 0 Å². The van der Waals surface area contributed by atoms with Gasteiger partial charge in [0.2, 0.25) is 0 Å². The standard InChI is InChI=1S/C22H21F4N/c1-13-7-14(2)9-16(8-13)20-11-18(23)17-10-15(5-6-19(17)27-20)12-21(3,4)22(24,25)26/h5-11H,12H2,1-4H3. The van der Waals surface area contributed by atoms with Gasteiger partial charge in [-0.3, -0.25) is 0 Å². The number of hydrogen-bond donors (Lipinski definition) is 0. The molecule has 0 atom stereocenters. The number of pyridine rings is 1. The summed E-state index contributed by atoms with van der Waals surface area (Å²) < 4.78 is 54.1. The molecule has 0 N–H and O–H groups in total. The van der Waals surface area contributed by atoms with Crippen LogP contribution < -0.4 is 0 Å². The van der Waals surface area contributed by atoms with Crippen molar-refractivity contribution in [2.75, 3.05) is 0 Å². The molecule has 142 valence electrons. The first kappa shape index (κ1) is 19.3. The highest BCUT2D eigenvalue weighted by Crippen LogP contribution is 2.40. The molecule has 0 saturated carbocycles. The third-order valence-corrected chi connectivity index (χ3v) is 4.75. The molecular formula is C22H21F4N. The van der Waals surface area contributed by atoms with Crippen molar-refractivity contribution in [1.82, 2.24) is 4.98 Å². The summed E-state index contributed by atoms with van der Waals surface area (Å²) in [5.41, 5.74) is 2.41. The SMILES string of the molecule is Cc1cc(C)cc(-c2cc(F)c3cc(CC(C)(C)C(F)(F)F)ccc3n2)c1. The van der Waals surface area contributed by atoms with Gasteiger partial charge in [0.15, 0.2) is 0 Å². The molecule has 3 rings (SSSR count). The van der Waals surface area contributed by atoms with Crippen LogP contribution in [0.3, 0.4) is 0 Å². The lowest BCUT2D eigenvalue weighted by molar-refractivity contribution is -0.211. The lowest BCUT2D eigenvalue weighted by Crippen LogP contribution is -2.34. The highest BCUT2D eigenvalue weighted by atomic mass is 19.4. The highest BCUT2D eigenvalue weighted by Gasteiger charge is 2.46. The maximum atomic E-state index is 14.7. The van der Waals surface area contributed by atoms with Crippen LogP contribution in [0.2, 0.25) is 0 Å². The summed E-state index contributed by atoms with van der Waals surface area (Å²) >= 11 is 0. The molecule has 0 unspecified atom stereocenters. The van der Waals surface area contributed by atoms with Crippen LogP contribution >= 0.6 is 0 Å². The summed E-state index contributed by atoms with van der Waals surface area (Å²) in [7, 11) is 0. The maximum absolute atomic E-state index is 14.7. The van der Waals surface area contributed by atoms with Gasteiger partial charge in [0.05, 0.1) is 16.6 Å². The van der Waals surface area contributed by atoms with Gasteiger partial charge in [-0.1, -0.05) is 37.1 Å². The van der Waals surface area contributed by atoms with Gasteiger partial charge in [0.1, 0.15) is 5.82 Å². The van der Waals surface area contributed by atoms with E-state index >= 15 is 0 Å². The van der Waals surface area contributed by atoms with E-state index in [-0.39, 0.29) is 11.8 Å². The zero-order valence-corrected chi connectivity index (χ0v) is 15.7. The number of aryl methyl sites for hydroxylation is 2. The number of alkyl halides is 3. The van der Waals surface area contributed by atoms with Crippen LogP contribution in [0.15, 0.2) is 42.5 Å². The number of halogens is 4. The molecule has 0 spiro atoms. The minimum Gasteiger partial charge on any atom is -0.248 e. The maximum Gasteiger partial charge on any atom is 0.394 e. The van der Waals surface area contributed by atoms with Crippen molar-refractivity contribution in [3.63, 3.8) is 0 Å². The summed E-state index contributed by atoms with van der Waals surface area (Å²) in [6.45, 7) is 6.22. The Bertz CT molecular complexity index is 983. The van der Waals surface area contributed by atoms with Gasteiger partial charge in [-0.25, -0.2) is 9.37 Å². The quantitative estimate of drug-likeness (QED) is 0.459. The molecule has 0 aliphatic heterocycles. The van der Waals surface area contributed by atoms with Crippen LogP contribution in [0.5, 0.6) is 0 Å². The highest BCUT2D eigenvalue weighted by molar-refractivity contribution is 5.83.